The first-order valence-corrected chi connectivity index (χ1v) is 6.98. The van der Waals surface area contributed by atoms with Crippen LogP contribution in [-0.4, -0.2) is 23.3 Å². The summed E-state index contributed by atoms with van der Waals surface area (Å²) in [7, 11) is 0. The molecule has 0 saturated heterocycles. The Bertz CT molecular complexity index is 595. The second-order valence-corrected chi connectivity index (χ2v) is 5.50. The zero-order chi connectivity index (χ0) is 14.4. The molecule has 5 nitrogen and oxygen atoms in total. The first kappa shape index (κ1) is 14.2. The van der Waals surface area contributed by atoms with Crippen molar-refractivity contribution in [3.63, 3.8) is 0 Å². The summed E-state index contributed by atoms with van der Waals surface area (Å²) in [5.41, 5.74) is 0.918. The molecule has 2 N–H and O–H groups in total. The summed E-state index contributed by atoms with van der Waals surface area (Å²) in [6.45, 7) is 1.86. The van der Waals surface area contributed by atoms with Gasteiger partial charge in [0.1, 0.15) is 0 Å². The highest BCUT2D eigenvalue weighted by Gasteiger charge is 2.08. The number of carbonyl (C=O) groups excluding carboxylic acids is 2. The number of carbonyl (C=O) groups is 2. The van der Waals surface area contributed by atoms with Crippen LogP contribution < -0.4 is 10.6 Å². The van der Waals surface area contributed by atoms with Crippen LogP contribution in [0.2, 0.25) is 0 Å². The molecule has 0 saturated carbocycles. The van der Waals surface area contributed by atoms with Crippen molar-refractivity contribution in [1.82, 2.24) is 10.3 Å². The average molecular weight is 289 g/mol. The summed E-state index contributed by atoms with van der Waals surface area (Å²) in [6, 6.07) is 9.39. The Hall–Kier alpha value is -2.21. The number of amides is 2. The molecule has 0 bridgehead atoms. The predicted molar refractivity (Wildman–Crippen MR) is 78.6 cm³/mol. The molecule has 0 atom stereocenters. The van der Waals surface area contributed by atoms with Crippen molar-refractivity contribution in [3.8, 4) is 0 Å². The molecule has 0 fully saturated rings. The first-order valence-electron chi connectivity index (χ1n) is 6.16. The fourth-order valence-electron chi connectivity index (χ4n) is 1.60. The van der Waals surface area contributed by atoms with E-state index >= 15 is 0 Å². The van der Waals surface area contributed by atoms with Gasteiger partial charge < -0.3 is 10.6 Å². The van der Waals surface area contributed by atoms with E-state index in [1.807, 2.05) is 37.3 Å². The van der Waals surface area contributed by atoms with Crippen LogP contribution in [0.25, 0.3) is 0 Å². The van der Waals surface area contributed by atoms with Gasteiger partial charge in [-0.25, -0.2) is 4.98 Å². The Morgan fingerprint density at radius 1 is 1.20 bits per heavy atom. The lowest BCUT2D eigenvalue weighted by Gasteiger charge is -2.05. The number of aromatic nitrogens is 1. The van der Waals surface area contributed by atoms with Crippen molar-refractivity contribution < 1.29 is 9.59 Å². The summed E-state index contributed by atoms with van der Waals surface area (Å²) >= 11 is 1.40. The third-order valence-corrected chi connectivity index (χ3v) is 3.35. The summed E-state index contributed by atoms with van der Waals surface area (Å²) in [6.07, 6.45) is 1.96. The minimum Gasteiger partial charge on any atom is -0.347 e. The van der Waals surface area contributed by atoms with E-state index in [4.69, 9.17) is 0 Å². The number of hydrogen-bond donors (Lipinski definition) is 2. The molecule has 20 heavy (non-hydrogen) atoms. The molecular formula is C14H15N3O2S. The third-order valence-electron chi connectivity index (χ3n) is 2.52. The van der Waals surface area contributed by atoms with E-state index in [-0.39, 0.29) is 24.8 Å². The minimum atomic E-state index is -0.277. The fourth-order valence-corrected chi connectivity index (χ4v) is 2.28. The third kappa shape index (κ3) is 4.47. The van der Waals surface area contributed by atoms with Gasteiger partial charge in [-0.3, -0.25) is 9.59 Å². The Morgan fingerprint density at radius 2 is 1.95 bits per heavy atom. The van der Waals surface area contributed by atoms with E-state index in [1.165, 1.54) is 11.3 Å². The number of benzene rings is 1. The Labute approximate surface area is 121 Å². The zero-order valence-corrected chi connectivity index (χ0v) is 11.9. The molecule has 0 spiro atoms. The first-order chi connectivity index (χ1) is 9.63. The molecule has 1 heterocycles. The number of thiazole rings is 1. The van der Waals surface area contributed by atoms with Crippen molar-refractivity contribution in [1.29, 1.82) is 0 Å². The maximum absolute atomic E-state index is 11.7. The van der Waals surface area contributed by atoms with E-state index in [9.17, 15) is 9.59 Å². The quantitative estimate of drug-likeness (QED) is 0.881. The predicted octanol–water partition coefficient (Wildman–Crippen LogP) is 1.75. The van der Waals surface area contributed by atoms with Crippen LogP contribution in [0.1, 0.15) is 10.4 Å². The van der Waals surface area contributed by atoms with Gasteiger partial charge in [0.2, 0.25) is 11.8 Å². The number of hydrogen-bond acceptors (Lipinski definition) is 4. The van der Waals surface area contributed by atoms with Crippen molar-refractivity contribution >= 4 is 28.3 Å². The van der Waals surface area contributed by atoms with Crippen LogP contribution >= 0.6 is 11.3 Å². The van der Waals surface area contributed by atoms with Gasteiger partial charge in [0.25, 0.3) is 0 Å². The highest BCUT2D eigenvalue weighted by atomic mass is 32.1. The van der Waals surface area contributed by atoms with Crippen molar-refractivity contribution in [3.05, 3.63) is 47.0 Å². The molecule has 0 unspecified atom stereocenters. The van der Waals surface area contributed by atoms with Gasteiger partial charge >= 0.3 is 0 Å². The summed E-state index contributed by atoms with van der Waals surface area (Å²) < 4.78 is 0. The molecule has 0 radical (unpaired) electrons. The van der Waals surface area contributed by atoms with E-state index < -0.39 is 0 Å². The summed E-state index contributed by atoms with van der Waals surface area (Å²) in [4.78, 5) is 28.3. The maximum atomic E-state index is 11.7. The Balaban J connectivity index is 1.74. The second kappa shape index (κ2) is 6.81. The lowest BCUT2D eigenvalue weighted by atomic mass is 10.1. The average Bonchev–Trinajstić information content (AvgIpc) is 2.83. The van der Waals surface area contributed by atoms with Crippen LogP contribution in [0.3, 0.4) is 0 Å². The van der Waals surface area contributed by atoms with Crippen molar-refractivity contribution in [2.45, 2.75) is 13.3 Å². The molecular weight excluding hydrogens is 274 g/mol. The standard InChI is InChI=1S/C14H15N3O2S/c1-10-8-16-14(20-10)17-13(19)9-15-12(18)7-11-5-3-2-4-6-11/h2-6,8H,7,9H2,1H3,(H,15,18)(H,16,17,19). The smallest absolute Gasteiger partial charge is 0.245 e. The molecule has 2 aromatic rings. The highest BCUT2D eigenvalue weighted by Crippen LogP contribution is 2.15. The summed E-state index contributed by atoms with van der Waals surface area (Å²) in [5, 5.41) is 5.77. The molecule has 1 aromatic heterocycles. The lowest BCUT2D eigenvalue weighted by Crippen LogP contribution is -2.33. The van der Waals surface area contributed by atoms with Crippen molar-refractivity contribution in [2.75, 3.05) is 11.9 Å². The number of nitrogens with zero attached hydrogens (tertiary/aromatic N) is 1. The van der Waals surface area contributed by atoms with Gasteiger partial charge in [-0.15, -0.1) is 11.3 Å². The summed E-state index contributed by atoms with van der Waals surface area (Å²) in [5.74, 6) is -0.456. The van der Waals surface area contributed by atoms with Crippen LogP contribution in [0.5, 0.6) is 0 Å². The monoisotopic (exact) mass is 289 g/mol. The van der Waals surface area contributed by atoms with E-state index in [0.29, 0.717) is 5.13 Å². The second-order valence-electron chi connectivity index (χ2n) is 4.26. The number of rotatable bonds is 5. The number of nitrogens with one attached hydrogen (secondary N) is 2. The number of anilines is 1. The Kier molecular flexibility index (Phi) is 4.84. The highest BCUT2D eigenvalue weighted by molar-refractivity contribution is 7.15. The molecule has 104 valence electrons. The molecule has 0 aliphatic heterocycles. The van der Waals surface area contributed by atoms with Gasteiger partial charge in [0.15, 0.2) is 5.13 Å². The van der Waals surface area contributed by atoms with Gasteiger partial charge in [-0.05, 0) is 12.5 Å². The van der Waals surface area contributed by atoms with Gasteiger partial charge in [-0.1, -0.05) is 30.3 Å². The minimum absolute atomic E-state index is 0.0513. The van der Waals surface area contributed by atoms with E-state index in [0.717, 1.165) is 10.4 Å². The molecule has 2 rings (SSSR count). The molecule has 0 aliphatic carbocycles. The molecule has 1 aromatic carbocycles. The lowest BCUT2D eigenvalue weighted by molar-refractivity contribution is -0.123. The fraction of sp³-hybridized carbons (Fsp3) is 0.214. The molecule has 2 amide bonds. The van der Waals surface area contributed by atoms with Gasteiger partial charge in [0, 0.05) is 11.1 Å². The van der Waals surface area contributed by atoms with Crippen LogP contribution in [-0.2, 0) is 16.0 Å². The van der Waals surface area contributed by atoms with Gasteiger partial charge in [0.05, 0.1) is 13.0 Å². The van der Waals surface area contributed by atoms with E-state index in [1.54, 1.807) is 6.20 Å². The van der Waals surface area contributed by atoms with E-state index in [2.05, 4.69) is 15.6 Å². The number of aryl methyl sites for hydroxylation is 1. The van der Waals surface area contributed by atoms with Crippen LogP contribution in [0.15, 0.2) is 36.5 Å². The SMILES string of the molecule is Cc1cnc(NC(=O)CNC(=O)Cc2ccccc2)s1. The Morgan fingerprint density at radius 3 is 2.60 bits per heavy atom. The van der Waals surface area contributed by atoms with Gasteiger partial charge in [-0.2, -0.15) is 0 Å². The molecule has 6 heteroatoms. The molecule has 0 aliphatic rings. The van der Waals surface area contributed by atoms with Crippen LogP contribution in [0.4, 0.5) is 5.13 Å². The zero-order valence-electron chi connectivity index (χ0n) is 11.1. The topological polar surface area (TPSA) is 71.1 Å². The maximum Gasteiger partial charge on any atom is 0.245 e. The van der Waals surface area contributed by atoms with Crippen LogP contribution in [0, 0.1) is 6.92 Å². The normalized spacial score (nSPS) is 10.1. The largest absolute Gasteiger partial charge is 0.347 e. The van der Waals surface area contributed by atoms with Crippen molar-refractivity contribution in [2.24, 2.45) is 0 Å².